The van der Waals surface area contributed by atoms with Crippen LogP contribution in [0.1, 0.15) is 11.6 Å². The number of carbonyl (C=O) groups is 1. The van der Waals surface area contributed by atoms with Gasteiger partial charge in [-0.2, -0.15) is 0 Å². The number of H-pyrrole nitrogens is 1. The largest absolute Gasteiger partial charge is 0.360 e. The van der Waals surface area contributed by atoms with Crippen molar-refractivity contribution in [1.82, 2.24) is 20.4 Å². The Balaban J connectivity index is 1.62. The number of benzene rings is 1. The van der Waals surface area contributed by atoms with Crippen LogP contribution in [-0.2, 0) is 17.8 Å². The van der Waals surface area contributed by atoms with E-state index in [1.807, 2.05) is 24.3 Å². The van der Waals surface area contributed by atoms with E-state index in [0.717, 1.165) is 11.0 Å². The summed E-state index contributed by atoms with van der Waals surface area (Å²) in [5.41, 5.74) is 1.79. The third kappa shape index (κ3) is 2.62. The molecule has 0 saturated heterocycles. The Labute approximate surface area is 108 Å². The van der Waals surface area contributed by atoms with Gasteiger partial charge in [-0.25, -0.2) is 4.98 Å². The minimum atomic E-state index is -0.115. The molecule has 3 rings (SSSR count). The Morgan fingerprint density at radius 3 is 3.00 bits per heavy atom. The highest BCUT2D eigenvalue weighted by molar-refractivity contribution is 5.80. The molecule has 2 heterocycles. The second-order valence-corrected chi connectivity index (χ2v) is 4.13. The van der Waals surface area contributed by atoms with Gasteiger partial charge in [0.25, 0.3) is 0 Å². The summed E-state index contributed by atoms with van der Waals surface area (Å²) in [6.07, 6.45) is 1.75. The van der Waals surface area contributed by atoms with E-state index < -0.39 is 0 Å². The number of hydrogen-bond donors (Lipinski definition) is 2. The Kier molecular flexibility index (Phi) is 2.97. The maximum atomic E-state index is 11.8. The fourth-order valence-electron chi connectivity index (χ4n) is 1.82. The van der Waals surface area contributed by atoms with Crippen molar-refractivity contribution in [3.8, 4) is 0 Å². The van der Waals surface area contributed by atoms with Crippen LogP contribution in [-0.4, -0.2) is 21.0 Å². The molecule has 96 valence electrons. The molecule has 0 aliphatic carbocycles. The zero-order valence-corrected chi connectivity index (χ0v) is 10.1. The number of aromatic amines is 1. The number of carbonyl (C=O) groups excluding carboxylic acids is 1. The molecule has 0 saturated carbocycles. The van der Waals surface area contributed by atoms with Crippen molar-refractivity contribution in [2.75, 3.05) is 0 Å². The van der Waals surface area contributed by atoms with Gasteiger partial charge in [0.05, 0.1) is 30.2 Å². The quantitative estimate of drug-likeness (QED) is 0.739. The Morgan fingerprint density at radius 2 is 2.21 bits per heavy atom. The maximum Gasteiger partial charge on any atom is 0.227 e. The van der Waals surface area contributed by atoms with Crippen molar-refractivity contribution in [1.29, 1.82) is 0 Å². The minimum absolute atomic E-state index is 0.115. The molecule has 6 heteroatoms. The molecular weight excluding hydrogens is 244 g/mol. The normalized spacial score (nSPS) is 10.7. The van der Waals surface area contributed by atoms with E-state index in [1.54, 1.807) is 12.3 Å². The lowest BCUT2D eigenvalue weighted by molar-refractivity contribution is -0.120. The predicted molar refractivity (Wildman–Crippen MR) is 68.1 cm³/mol. The number of nitrogens with zero attached hydrogens (tertiary/aromatic N) is 2. The molecule has 0 spiro atoms. The van der Waals surface area contributed by atoms with Gasteiger partial charge in [-0.15, -0.1) is 0 Å². The molecule has 2 aromatic heterocycles. The zero-order valence-electron chi connectivity index (χ0n) is 10.1. The van der Waals surface area contributed by atoms with Crippen molar-refractivity contribution in [3.63, 3.8) is 0 Å². The topological polar surface area (TPSA) is 83.8 Å². The fourth-order valence-corrected chi connectivity index (χ4v) is 1.82. The molecule has 0 aliphatic rings. The third-order valence-corrected chi connectivity index (χ3v) is 2.72. The summed E-state index contributed by atoms with van der Waals surface area (Å²) >= 11 is 0. The first-order chi connectivity index (χ1) is 9.31. The first-order valence-electron chi connectivity index (χ1n) is 5.91. The molecule has 0 aliphatic heterocycles. The van der Waals surface area contributed by atoms with Gasteiger partial charge in [0.1, 0.15) is 5.82 Å². The number of hydrogen-bond acceptors (Lipinski definition) is 4. The van der Waals surface area contributed by atoms with Gasteiger partial charge in [0, 0.05) is 6.07 Å². The Morgan fingerprint density at radius 1 is 1.32 bits per heavy atom. The van der Waals surface area contributed by atoms with E-state index in [0.29, 0.717) is 18.1 Å². The van der Waals surface area contributed by atoms with E-state index in [4.69, 9.17) is 4.52 Å². The molecule has 2 N–H and O–H groups in total. The maximum absolute atomic E-state index is 11.8. The van der Waals surface area contributed by atoms with E-state index in [-0.39, 0.29) is 12.3 Å². The minimum Gasteiger partial charge on any atom is -0.360 e. The zero-order chi connectivity index (χ0) is 13.1. The first-order valence-corrected chi connectivity index (χ1v) is 5.91. The van der Waals surface area contributed by atoms with Crippen LogP contribution in [0.3, 0.4) is 0 Å². The van der Waals surface area contributed by atoms with Crippen molar-refractivity contribution < 1.29 is 9.32 Å². The highest BCUT2D eigenvalue weighted by Gasteiger charge is 2.08. The summed E-state index contributed by atoms with van der Waals surface area (Å²) < 4.78 is 4.89. The monoisotopic (exact) mass is 256 g/mol. The number of para-hydroxylation sites is 2. The van der Waals surface area contributed by atoms with Gasteiger partial charge < -0.3 is 14.8 Å². The van der Waals surface area contributed by atoms with Crippen LogP contribution >= 0.6 is 0 Å². The van der Waals surface area contributed by atoms with Crippen molar-refractivity contribution in [2.45, 2.75) is 13.0 Å². The van der Waals surface area contributed by atoms with Crippen molar-refractivity contribution in [2.24, 2.45) is 0 Å². The summed E-state index contributed by atoms with van der Waals surface area (Å²) in [5.74, 6) is 1.16. The molecule has 3 aromatic rings. The second-order valence-electron chi connectivity index (χ2n) is 4.13. The average molecular weight is 256 g/mol. The van der Waals surface area contributed by atoms with Crippen LogP contribution < -0.4 is 5.32 Å². The third-order valence-electron chi connectivity index (χ3n) is 2.72. The summed E-state index contributed by atoms with van der Waals surface area (Å²) in [7, 11) is 0. The van der Waals surface area contributed by atoms with Crippen LogP contribution in [0, 0.1) is 0 Å². The standard InChI is InChI=1S/C13H12N4O2/c18-13(14-8-9-5-6-15-19-9)7-12-16-10-3-1-2-4-11(10)17-12/h1-6H,7-8H2,(H,14,18)(H,16,17). The van der Waals surface area contributed by atoms with Crippen LogP contribution in [0.4, 0.5) is 0 Å². The van der Waals surface area contributed by atoms with Gasteiger partial charge in [-0.1, -0.05) is 17.3 Å². The van der Waals surface area contributed by atoms with E-state index in [1.165, 1.54) is 0 Å². The second kappa shape index (κ2) is 4.93. The molecule has 0 unspecified atom stereocenters. The number of imidazole rings is 1. The lowest BCUT2D eigenvalue weighted by Crippen LogP contribution is -2.24. The van der Waals surface area contributed by atoms with E-state index in [9.17, 15) is 4.79 Å². The van der Waals surface area contributed by atoms with Gasteiger partial charge in [-0.3, -0.25) is 4.79 Å². The fraction of sp³-hybridized carbons (Fsp3) is 0.154. The molecule has 1 aromatic carbocycles. The predicted octanol–water partition coefficient (Wildman–Crippen LogP) is 1.41. The lowest BCUT2D eigenvalue weighted by atomic mass is 10.3. The summed E-state index contributed by atoms with van der Waals surface area (Å²) in [6.45, 7) is 0.332. The number of amides is 1. The van der Waals surface area contributed by atoms with Gasteiger partial charge in [-0.05, 0) is 12.1 Å². The number of aromatic nitrogens is 3. The van der Waals surface area contributed by atoms with Gasteiger partial charge in [0.15, 0.2) is 5.76 Å². The highest BCUT2D eigenvalue weighted by Crippen LogP contribution is 2.10. The molecule has 19 heavy (non-hydrogen) atoms. The average Bonchev–Trinajstić information content (AvgIpc) is 3.04. The van der Waals surface area contributed by atoms with E-state index in [2.05, 4.69) is 20.4 Å². The van der Waals surface area contributed by atoms with Crippen LogP contribution in [0.15, 0.2) is 41.1 Å². The molecule has 6 nitrogen and oxygen atoms in total. The molecular formula is C13H12N4O2. The number of fused-ring (bicyclic) bond motifs is 1. The molecule has 0 atom stereocenters. The van der Waals surface area contributed by atoms with Crippen LogP contribution in [0.5, 0.6) is 0 Å². The highest BCUT2D eigenvalue weighted by atomic mass is 16.5. The van der Waals surface area contributed by atoms with E-state index >= 15 is 0 Å². The van der Waals surface area contributed by atoms with Crippen molar-refractivity contribution in [3.05, 3.63) is 48.1 Å². The Hall–Kier alpha value is -2.63. The number of rotatable bonds is 4. The number of nitrogens with one attached hydrogen (secondary N) is 2. The van der Waals surface area contributed by atoms with Crippen LogP contribution in [0.25, 0.3) is 11.0 Å². The van der Waals surface area contributed by atoms with Crippen LogP contribution in [0.2, 0.25) is 0 Å². The first kappa shape index (κ1) is 11.5. The Bertz CT molecular complexity index is 655. The SMILES string of the molecule is O=C(Cc1nc2ccccc2[nH]1)NCc1ccno1. The van der Waals surface area contributed by atoms with Crippen molar-refractivity contribution >= 4 is 16.9 Å². The lowest BCUT2D eigenvalue weighted by Gasteiger charge is -2.00. The smallest absolute Gasteiger partial charge is 0.227 e. The summed E-state index contributed by atoms with van der Waals surface area (Å²) in [4.78, 5) is 19.2. The van der Waals surface area contributed by atoms with Gasteiger partial charge in [0.2, 0.25) is 5.91 Å². The van der Waals surface area contributed by atoms with Gasteiger partial charge >= 0.3 is 0 Å². The molecule has 0 fully saturated rings. The summed E-state index contributed by atoms with van der Waals surface area (Å²) in [6, 6.07) is 9.38. The molecule has 1 amide bonds. The molecule has 0 radical (unpaired) electrons. The molecule has 0 bridgehead atoms. The summed E-state index contributed by atoms with van der Waals surface area (Å²) in [5, 5.41) is 6.31.